The van der Waals surface area contributed by atoms with Crippen LogP contribution in [0.1, 0.15) is 45.4 Å². The largest absolute Gasteiger partial charge is 0.378 e. The molecule has 0 aromatic carbocycles. The van der Waals surface area contributed by atoms with Crippen LogP contribution < -0.4 is 0 Å². The molecule has 0 N–H and O–H groups in total. The Morgan fingerprint density at radius 3 is 2.21 bits per heavy atom. The number of ether oxygens (including phenoxy) is 1. The monoisotopic (exact) mass is 194 g/mol. The van der Waals surface area contributed by atoms with Crippen molar-refractivity contribution in [1.82, 2.24) is 0 Å². The summed E-state index contributed by atoms with van der Waals surface area (Å²) >= 11 is 0. The molecule has 0 spiro atoms. The SMILES string of the molecule is C[C@@H]1C[C@@H]2C[C@H](OCC3CC3)C[C@@H]2C1. The van der Waals surface area contributed by atoms with Crippen molar-refractivity contribution in [1.29, 1.82) is 0 Å². The molecule has 0 amide bonds. The fraction of sp³-hybridized carbons (Fsp3) is 1.00. The van der Waals surface area contributed by atoms with Crippen molar-refractivity contribution in [2.24, 2.45) is 23.7 Å². The summed E-state index contributed by atoms with van der Waals surface area (Å²) in [5.41, 5.74) is 0. The first-order chi connectivity index (χ1) is 6.81. The first-order valence-electron chi connectivity index (χ1n) is 6.43. The molecule has 1 heteroatoms. The van der Waals surface area contributed by atoms with E-state index in [-0.39, 0.29) is 0 Å². The zero-order chi connectivity index (χ0) is 9.54. The highest BCUT2D eigenvalue weighted by molar-refractivity contribution is 4.91. The molecule has 0 aliphatic heterocycles. The molecule has 80 valence electrons. The smallest absolute Gasteiger partial charge is 0.0580 e. The molecule has 14 heavy (non-hydrogen) atoms. The van der Waals surface area contributed by atoms with E-state index in [0.717, 1.165) is 30.3 Å². The van der Waals surface area contributed by atoms with Crippen molar-refractivity contribution in [2.75, 3.05) is 6.61 Å². The van der Waals surface area contributed by atoms with Crippen LogP contribution in [-0.2, 0) is 4.74 Å². The topological polar surface area (TPSA) is 9.23 Å². The van der Waals surface area contributed by atoms with Gasteiger partial charge in [-0.25, -0.2) is 0 Å². The normalized spacial score (nSPS) is 46.9. The van der Waals surface area contributed by atoms with Gasteiger partial charge in [0.1, 0.15) is 0 Å². The minimum atomic E-state index is 0.637. The first kappa shape index (κ1) is 9.21. The minimum Gasteiger partial charge on any atom is -0.378 e. The van der Waals surface area contributed by atoms with E-state index in [1.165, 1.54) is 38.5 Å². The first-order valence-corrected chi connectivity index (χ1v) is 6.43. The van der Waals surface area contributed by atoms with Crippen molar-refractivity contribution >= 4 is 0 Å². The maximum Gasteiger partial charge on any atom is 0.0580 e. The maximum atomic E-state index is 6.00. The summed E-state index contributed by atoms with van der Waals surface area (Å²) in [6, 6.07) is 0. The molecule has 4 atom stereocenters. The van der Waals surface area contributed by atoms with E-state index < -0.39 is 0 Å². The molecular weight excluding hydrogens is 172 g/mol. The Morgan fingerprint density at radius 1 is 1.00 bits per heavy atom. The third-order valence-corrected chi connectivity index (χ3v) is 4.47. The third kappa shape index (κ3) is 1.84. The molecule has 0 aromatic rings. The van der Waals surface area contributed by atoms with Gasteiger partial charge in [0, 0.05) is 6.61 Å². The molecule has 0 saturated heterocycles. The second kappa shape index (κ2) is 3.52. The Balaban J connectivity index is 1.46. The molecule has 0 bridgehead atoms. The van der Waals surface area contributed by atoms with Crippen LogP contribution in [0.4, 0.5) is 0 Å². The van der Waals surface area contributed by atoms with Gasteiger partial charge in [-0.3, -0.25) is 0 Å². The predicted octanol–water partition coefficient (Wildman–Crippen LogP) is 3.24. The number of hydrogen-bond donors (Lipinski definition) is 0. The predicted molar refractivity (Wildman–Crippen MR) is 57.1 cm³/mol. The highest BCUT2D eigenvalue weighted by Crippen LogP contribution is 2.47. The van der Waals surface area contributed by atoms with Gasteiger partial charge < -0.3 is 4.74 Å². The van der Waals surface area contributed by atoms with Gasteiger partial charge in [-0.1, -0.05) is 6.92 Å². The molecule has 0 radical (unpaired) electrons. The fourth-order valence-electron chi connectivity index (χ4n) is 3.56. The molecule has 3 aliphatic carbocycles. The van der Waals surface area contributed by atoms with E-state index in [9.17, 15) is 0 Å². The van der Waals surface area contributed by atoms with Gasteiger partial charge in [0.15, 0.2) is 0 Å². The molecule has 0 heterocycles. The van der Waals surface area contributed by atoms with Crippen LogP contribution in [0, 0.1) is 23.7 Å². The average molecular weight is 194 g/mol. The van der Waals surface area contributed by atoms with E-state index in [4.69, 9.17) is 4.74 Å². The number of hydrogen-bond acceptors (Lipinski definition) is 1. The Labute approximate surface area is 87.2 Å². The molecule has 1 nitrogen and oxygen atoms in total. The highest BCUT2D eigenvalue weighted by Gasteiger charge is 2.40. The zero-order valence-corrected chi connectivity index (χ0v) is 9.24. The van der Waals surface area contributed by atoms with Crippen LogP contribution in [0.3, 0.4) is 0 Å². The van der Waals surface area contributed by atoms with Crippen LogP contribution in [0.5, 0.6) is 0 Å². The third-order valence-electron chi connectivity index (χ3n) is 4.47. The zero-order valence-electron chi connectivity index (χ0n) is 9.24. The molecule has 0 aromatic heterocycles. The summed E-state index contributed by atoms with van der Waals surface area (Å²) < 4.78 is 6.00. The van der Waals surface area contributed by atoms with Crippen molar-refractivity contribution in [3.05, 3.63) is 0 Å². The molecule has 3 rings (SSSR count). The lowest BCUT2D eigenvalue weighted by Gasteiger charge is -2.13. The van der Waals surface area contributed by atoms with Crippen LogP contribution >= 0.6 is 0 Å². The number of rotatable bonds is 3. The van der Waals surface area contributed by atoms with E-state index >= 15 is 0 Å². The van der Waals surface area contributed by atoms with E-state index in [1.54, 1.807) is 0 Å². The Bertz CT molecular complexity index is 195. The standard InChI is InChI=1S/C13H22O/c1-9-4-11-6-13(7-12(11)5-9)14-8-10-2-3-10/h9-13H,2-8H2,1H3/t9-,11-,12+,13+. The summed E-state index contributed by atoms with van der Waals surface area (Å²) in [7, 11) is 0. The summed E-state index contributed by atoms with van der Waals surface area (Å²) in [5, 5.41) is 0. The number of fused-ring (bicyclic) bond motifs is 1. The average Bonchev–Trinajstić information content (AvgIpc) is 2.80. The molecule has 3 saturated carbocycles. The Morgan fingerprint density at radius 2 is 1.64 bits per heavy atom. The van der Waals surface area contributed by atoms with Crippen LogP contribution in [0.25, 0.3) is 0 Å². The maximum absolute atomic E-state index is 6.00. The van der Waals surface area contributed by atoms with Crippen molar-refractivity contribution in [3.8, 4) is 0 Å². The van der Waals surface area contributed by atoms with Gasteiger partial charge in [0.05, 0.1) is 6.10 Å². The molecule has 0 unspecified atom stereocenters. The van der Waals surface area contributed by atoms with Crippen molar-refractivity contribution in [3.63, 3.8) is 0 Å². The molecule has 3 fully saturated rings. The van der Waals surface area contributed by atoms with Crippen LogP contribution in [0.15, 0.2) is 0 Å². The minimum absolute atomic E-state index is 0.637. The summed E-state index contributed by atoms with van der Waals surface area (Å²) in [5.74, 6) is 3.98. The molecular formula is C13H22O. The van der Waals surface area contributed by atoms with Gasteiger partial charge >= 0.3 is 0 Å². The second-order valence-corrected chi connectivity index (χ2v) is 5.97. The van der Waals surface area contributed by atoms with Crippen molar-refractivity contribution < 1.29 is 4.74 Å². The quantitative estimate of drug-likeness (QED) is 0.670. The van der Waals surface area contributed by atoms with Gasteiger partial charge in [0.2, 0.25) is 0 Å². The van der Waals surface area contributed by atoms with Gasteiger partial charge in [-0.2, -0.15) is 0 Å². The fourth-order valence-corrected chi connectivity index (χ4v) is 3.56. The van der Waals surface area contributed by atoms with Gasteiger partial charge in [0.25, 0.3) is 0 Å². The van der Waals surface area contributed by atoms with Gasteiger partial charge in [-0.05, 0) is 62.2 Å². The second-order valence-electron chi connectivity index (χ2n) is 5.97. The highest BCUT2D eigenvalue weighted by atomic mass is 16.5. The Kier molecular flexibility index (Phi) is 2.31. The Hall–Kier alpha value is -0.0400. The summed E-state index contributed by atoms with van der Waals surface area (Å²) in [6.07, 6.45) is 9.21. The lowest BCUT2D eigenvalue weighted by molar-refractivity contribution is 0.0444. The van der Waals surface area contributed by atoms with E-state index in [2.05, 4.69) is 6.92 Å². The summed E-state index contributed by atoms with van der Waals surface area (Å²) in [6.45, 7) is 3.48. The van der Waals surface area contributed by atoms with Crippen LogP contribution in [-0.4, -0.2) is 12.7 Å². The van der Waals surface area contributed by atoms with Crippen LogP contribution in [0.2, 0.25) is 0 Å². The van der Waals surface area contributed by atoms with E-state index in [1.807, 2.05) is 0 Å². The lowest BCUT2D eigenvalue weighted by Crippen LogP contribution is -2.12. The lowest BCUT2D eigenvalue weighted by atomic mass is 10.0. The summed E-state index contributed by atoms with van der Waals surface area (Å²) in [4.78, 5) is 0. The van der Waals surface area contributed by atoms with E-state index in [0.29, 0.717) is 6.10 Å². The van der Waals surface area contributed by atoms with Gasteiger partial charge in [-0.15, -0.1) is 0 Å². The van der Waals surface area contributed by atoms with Crippen molar-refractivity contribution in [2.45, 2.75) is 51.6 Å². The molecule has 3 aliphatic rings.